The average molecular weight is 560 g/mol. The number of esters is 1. The average Bonchev–Trinajstić information content (AvgIpc) is 3.23. The number of β-amino-alcohol motifs (C(OH)–C–C–N with tert-alkyl or cyclic N) is 1. The van der Waals surface area contributed by atoms with Gasteiger partial charge in [-0.3, -0.25) is 14.5 Å². The SMILES string of the molecule is C=CCN1CC[C@@]2(c3cccc(OC(C)=O)c3)C[C@@H](NC(=O)C=Cc3cc(Br)cs3)CC[C@]2(O)C1. The molecule has 0 unspecified atom stereocenters. The first-order chi connectivity index (χ1) is 16.7. The summed E-state index contributed by atoms with van der Waals surface area (Å²) in [6.45, 7) is 7.29. The molecule has 1 aliphatic carbocycles. The Balaban J connectivity index is 1.59. The summed E-state index contributed by atoms with van der Waals surface area (Å²) in [6, 6.07) is 9.38. The maximum atomic E-state index is 12.7. The summed E-state index contributed by atoms with van der Waals surface area (Å²) in [5.41, 5.74) is -0.599. The van der Waals surface area contributed by atoms with Gasteiger partial charge >= 0.3 is 5.97 Å². The van der Waals surface area contributed by atoms with Crippen molar-refractivity contribution < 1.29 is 19.4 Å². The quantitative estimate of drug-likeness (QED) is 0.223. The molecule has 1 saturated heterocycles. The highest BCUT2D eigenvalue weighted by atomic mass is 79.9. The van der Waals surface area contributed by atoms with E-state index in [9.17, 15) is 14.7 Å². The number of hydrogen-bond acceptors (Lipinski definition) is 6. The second-order valence-corrected chi connectivity index (χ2v) is 11.3. The van der Waals surface area contributed by atoms with Crippen LogP contribution in [0.2, 0.25) is 0 Å². The predicted octanol–water partition coefficient (Wildman–Crippen LogP) is 4.68. The zero-order chi connectivity index (χ0) is 25.1. The molecule has 4 rings (SSSR count). The number of benzene rings is 1. The van der Waals surface area contributed by atoms with Gasteiger partial charge in [-0.05, 0) is 78.0 Å². The number of nitrogens with zero attached hydrogens (tertiary/aromatic N) is 1. The van der Waals surface area contributed by atoms with Crippen molar-refractivity contribution in [3.05, 3.63) is 69.4 Å². The van der Waals surface area contributed by atoms with Crippen LogP contribution in [0.5, 0.6) is 5.75 Å². The van der Waals surface area contributed by atoms with Crippen molar-refractivity contribution in [2.45, 2.75) is 49.7 Å². The van der Waals surface area contributed by atoms with E-state index in [-0.39, 0.29) is 17.9 Å². The first kappa shape index (κ1) is 25.8. The Morgan fingerprint density at radius 3 is 2.91 bits per heavy atom. The second-order valence-electron chi connectivity index (χ2n) is 9.46. The smallest absolute Gasteiger partial charge is 0.308 e. The molecule has 2 aromatic rings. The molecule has 35 heavy (non-hydrogen) atoms. The van der Waals surface area contributed by atoms with Crippen LogP contribution in [0.15, 0.2) is 58.9 Å². The van der Waals surface area contributed by atoms with E-state index in [0.717, 1.165) is 34.4 Å². The number of thiophene rings is 1. The summed E-state index contributed by atoms with van der Waals surface area (Å²) in [4.78, 5) is 27.5. The van der Waals surface area contributed by atoms with Gasteiger partial charge in [-0.15, -0.1) is 17.9 Å². The lowest BCUT2D eigenvalue weighted by molar-refractivity contribution is -0.132. The summed E-state index contributed by atoms with van der Waals surface area (Å²) in [7, 11) is 0. The predicted molar refractivity (Wildman–Crippen MR) is 142 cm³/mol. The van der Waals surface area contributed by atoms with Crippen molar-refractivity contribution in [1.82, 2.24) is 10.2 Å². The van der Waals surface area contributed by atoms with Crippen LogP contribution >= 0.6 is 27.3 Å². The largest absolute Gasteiger partial charge is 0.427 e. The third-order valence-electron chi connectivity index (χ3n) is 7.10. The van der Waals surface area contributed by atoms with Crippen LogP contribution in [0.3, 0.4) is 0 Å². The minimum absolute atomic E-state index is 0.0779. The maximum Gasteiger partial charge on any atom is 0.308 e. The molecule has 1 aromatic carbocycles. The van der Waals surface area contributed by atoms with Crippen LogP contribution in [-0.4, -0.2) is 53.2 Å². The topological polar surface area (TPSA) is 78.9 Å². The number of carbonyl (C=O) groups is 2. The summed E-state index contributed by atoms with van der Waals surface area (Å²) >= 11 is 5.00. The number of fused-ring (bicyclic) bond motifs is 1. The fourth-order valence-electron chi connectivity index (χ4n) is 5.57. The van der Waals surface area contributed by atoms with Gasteiger partial charge in [0.05, 0.1) is 5.60 Å². The van der Waals surface area contributed by atoms with E-state index in [4.69, 9.17) is 4.74 Å². The molecule has 0 bridgehead atoms. The molecule has 1 saturated carbocycles. The van der Waals surface area contributed by atoms with Gasteiger partial charge in [0.2, 0.25) is 5.91 Å². The van der Waals surface area contributed by atoms with Crippen molar-refractivity contribution in [3.63, 3.8) is 0 Å². The van der Waals surface area contributed by atoms with E-state index >= 15 is 0 Å². The highest BCUT2D eigenvalue weighted by Crippen LogP contribution is 2.52. The Labute approximate surface area is 218 Å². The van der Waals surface area contributed by atoms with Crippen LogP contribution in [0.4, 0.5) is 0 Å². The van der Waals surface area contributed by atoms with Gasteiger partial charge in [0.1, 0.15) is 5.75 Å². The number of ether oxygens (including phenoxy) is 1. The fourth-order valence-corrected chi connectivity index (χ4v) is 6.90. The highest BCUT2D eigenvalue weighted by Gasteiger charge is 2.57. The van der Waals surface area contributed by atoms with E-state index in [1.54, 1.807) is 23.5 Å². The Hall–Kier alpha value is -2.26. The van der Waals surface area contributed by atoms with Gasteiger partial charge in [0.15, 0.2) is 0 Å². The van der Waals surface area contributed by atoms with Crippen molar-refractivity contribution in [3.8, 4) is 5.75 Å². The van der Waals surface area contributed by atoms with Crippen LogP contribution in [0.25, 0.3) is 6.08 Å². The number of hydrogen-bond donors (Lipinski definition) is 2. The van der Waals surface area contributed by atoms with Crippen LogP contribution in [-0.2, 0) is 15.0 Å². The molecule has 1 amide bonds. The zero-order valence-corrected chi connectivity index (χ0v) is 22.2. The molecular weight excluding hydrogens is 528 g/mol. The summed E-state index contributed by atoms with van der Waals surface area (Å²) in [5, 5.41) is 17.2. The number of nitrogens with one attached hydrogen (secondary N) is 1. The second kappa shape index (κ2) is 10.8. The third kappa shape index (κ3) is 5.77. The maximum absolute atomic E-state index is 12.7. The molecule has 6 nitrogen and oxygen atoms in total. The zero-order valence-electron chi connectivity index (χ0n) is 19.8. The lowest BCUT2D eigenvalue weighted by atomic mass is 9.55. The first-order valence-corrected chi connectivity index (χ1v) is 13.5. The molecule has 8 heteroatoms. The van der Waals surface area contributed by atoms with Crippen molar-refractivity contribution in [2.24, 2.45) is 0 Å². The van der Waals surface area contributed by atoms with Gasteiger partial charge in [0, 0.05) is 52.3 Å². The molecule has 3 atom stereocenters. The van der Waals surface area contributed by atoms with E-state index < -0.39 is 11.0 Å². The van der Waals surface area contributed by atoms with Gasteiger partial charge in [-0.1, -0.05) is 18.2 Å². The van der Waals surface area contributed by atoms with E-state index in [1.165, 1.54) is 6.92 Å². The van der Waals surface area contributed by atoms with Crippen LogP contribution < -0.4 is 10.1 Å². The van der Waals surface area contributed by atoms with Crippen molar-refractivity contribution in [2.75, 3.05) is 19.6 Å². The molecule has 2 aliphatic rings. The third-order valence-corrected chi connectivity index (χ3v) is 8.76. The van der Waals surface area contributed by atoms with Gasteiger partial charge < -0.3 is 15.2 Å². The lowest BCUT2D eigenvalue weighted by Gasteiger charge is -2.58. The molecule has 0 radical (unpaired) electrons. The number of halogens is 1. The Morgan fingerprint density at radius 1 is 1.37 bits per heavy atom. The number of rotatable bonds is 7. The minimum Gasteiger partial charge on any atom is -0.427 e. The number of amides is 1. The van der Waals surface area contributed by atoms with Crippen molar-refractivity contribution >= 4 is 45.2 Å². The molecule has 1 aliphatic heterocycles. The standard InChI is InChI=1S/C27H31BrN2O4S/c1-3-12-30-13-11-26(20-5-4-6-23(14-20)34-19(2)31)16-22(9-10-27(26,33)18-30)29-25(32)8-7-24-15-21(28)17-35-24/h3-8,14-15,17,22,33H,1,9-13,16,18H2,2H3,(H,29,32)/t22-,26-,27-/m0/s1. The number of aliphatic hydroxyl groups is 1. The monoisotopic (exact) mass is 558 g/mol. The van der Waals surface area contributed by atoms with Crippen LogP contribution in [0, 0.1) is 0 Å². The molecule has 186 valence electrons. The Kier molecular flexibility index (Phi) is 7.96. The highest BCUT2D eigenvalue weighted by molar-refractivity contribution is 9.10. The summed E-state index contributed by atoms with van der Waals surface area (Å²) < 4.78 is 6.35. The molecule has 2 fully saturated rings. The fraction of sp³-hybridized carbons (Fsp3) is 0.407. The number of likely N-dealkylation sites (tertiary alicyclic amines) is 1. The first-order valence-electron chi connectivity index (χ1n) is 11.8. The van der Waals surface area contributed by atoms with Gasteiger partial charge in [-0.25, -0.2) is 0 Å². The van der Waals surface area contributed by atoms with E-state index in [0.29, 0.717) is 31.6 Å². The normalized spacial score (nSPS) is 26.8. The van der Waals surface area contributed by atoms with Crippen LogP contribution in [0.1, 0.15) is 43.0 Å². The van der Waals surface area contributed by atoms with Crippen molar-refractivity contribution in [1.29, 1.82) is 0 Å². The van der Waals surface area contributed by atoms with Gasteiger partial charge in [-0.2, -0.15) is 0 Å². The molecular formula is C27H31BrN2O4S. The molecule has 1 aromatic heterocycles. The molecule has 2 N–H and O–H groups in total. The molecule has 0 spiro atoms. The van der Waals surface area contributed by atoms with E-state index in [1.807, 2.05) is 41.8 Å². The summed E-state index contributed by atoms with van der Waals surface area (Å²) in [6.07, 6.45) is 7.84. The number of carbonyl (C=O) groups excluding carboxylic acids is 2. The number of piperidine rings is 1. The molecule has 2 heterocycles. The minimum atomic E-state index is -0.969. The Morgan fingerprint density at radius 2 is 2.20 bits per heavy atom. The Bertz CT molecular complexity index is 1130. The summed E-state index contributed by atoms with van der Waals surface area (Å²) in [5.74, 6) is -0.0524. The van der Waals surface area contributed by atoms with Gasteiger partial charge in [0.25, 0.3) is 0 Å². The lowest BCUT2D eigenvalue weighted by Crippen LogP contribution is -2.67. The van der Waals surface area contributed by atoms with E-state index in [2.05, 4.69) is 32.7 Å².